The molecule has 100 valence electrons. The van der Waals surface area contributed by atoms with Crippen molar-refractivity contribution < 1.29 is 18.0 Å². The van der Waals surface area contributed by atoms with Crippen LogP contribution in [0.3, 0.4) is 0 Å². The van der Waals surface area contributed by atoms with E-state index in [-0.39, 0.29) is 5.13 Å². The predicted molar refractivity (Wildman–Crippen MR) is 64.0 cm³/mol. The fraction of sp³-hybridized carbons (Fsp3) is 0.182. The Morgan fingerprint density at radius 2 is 2.11 bits per heavy atom. The van der Waals surface area contributed by atoms with Crippen LogP contribution in [0.15, 0.2) is 24.7 Å². The van der Waals surface area contributed by atoms with Gasteiger partial charge in [-0.2, -0.15) is 13.2 Å². The Hall–Kier alpha value is -1.96. The number of hydrogen-bond donors (Lipinski definition) is 1. The number of carbonyl (C=O) groups is 1. The Balaban J connectivity index is 2.29. The van der Waals surface area contributed by atoms with Crippen LogP contribution >= 0.6 is 11.3 Å². The van der Waals surface area contributed by atoms with E-state index in [1.165, 1.54) is 17.5 Å². The van der Waals surface area contributed by atoms with E-state index in [0.29, 0.717) is 0 Å². The molecule has 0 unspecified atom stereocenters. The summed E-state index contributed by atoms with van der Waals surface area (Å²) < 4.78 is 38.2. The Morgan fingerprint density at radius 3 is 2.68 bits per heavy atom. The Kier molecular flexibility index (Phi) is 3.52. The zero-order valence-electron chi connectivity index (χ0n) is 9.65. The number of amides is 1. The number of nitrogens with one attached hydrogen (secondary N) is 1. The molecule has 0 atom stereocenters. The van der Waals surface area contributed by atoms with Crippen LogP contribution in [0, 0.1) is 6.92 Å². The summed E-state index contributed by atoms with van der Waals surface area (Å²) in [6, 6.07) is 0.766. The molecule has 0 bridgehead atoms. The van der Waals surface area contributed by atoms with Crippen LogP contribution in [-0.2, 0) is 6.18 Å². The van der Waals surface area contributed by atoms with Crippen LogP contribution in [0.4, 0.5) is 18.3 Å². The highest BCUT2D eigenvalue weighted by Crippen LogP contribution is 2.31. The molecule has 2 aromatic rings. The van der Waals surface area contributed by atoms with E-state index in [9.17, 15) is 18.0 Å². The van der Waals surface area contributed by atoms with E-state index in [1.807, 2.05) is 0 Å². The smallest absolute Gasteiger partial charge is 0.298 e. The maximum atomic E-state index is 12.7. The third-order valence-corrected chi connectivity index (χ3v) is 3.04. The van der Waals surface area contributed by atoms with Crippen LogP contribution in [0.1, 0.15) is 20.8 Å². The van der Waals surface area contributed by atoms with Crippen LogP contribution in [0.25, 0.3) is 0 Å². The molecule has 0 aliphatic rings. The molecule has 1 N–H and O–H groups in total. The van der Waals surface area contributed by atoms with Crippen molar-refractivity contribution in [2.24, 2.45) is 0 Å². The van der Waals surface area contributed by atoms with Gasteiger partial charge in [0.25, 0.3) is 5.91 Å². The third-order valence-electron chi connectivity index (χ3n) is 2.21. The number of thiazole rings is 1. The van der Waals surface area contributed by atoms with Gasteiger partial charge in [0.15, 0.2) is 5.13 Å². The van der Waals surface area contributed by atoms with E-state index in [0.717, 1.165) is 23.3 Å². The number of aromatic nitrogens is 2. The van der Waals surface area contributed by atoms with Crippen molar-refractivity contribution >= 4 is 22.4 Å². The molecule has 0 aliphatic heterocycles. The molecule has 2 rings (SSSR count). The van der Waals surface area contributed by atoms with Gasteiger partial charge < -0.3 is 0 Å². The summed E-state index contributed by atoms with van der Waals surface area (Å²) >= 11 is 1.18. The number of carbonyl (C=O) groups excluding carboxylic acids is 1. The molecule has 2 aromatic heterocycles. The minimum atomic E-state index is -4.60. The Morgan fingerprint density at radius 1 is 1.37 bits per heavy atom. The molecule has 0 spiro atoms. The van der Waals surface area contributed by atoms with Crippen LogP contribution in [0.5, 0.6) is 0 Å². The van der Waals surface area contributed by atoms with E-state index < -0.39 is 23.2 Å². The van der Waals surface area contributed by atoms with Crippen molar-refractivity contribution in [3.8, 4) is 0 Å². The summed E-state index contributed by atoms with van der Waals surface area (Å²) in [5.41, 5.74) is -1.55. The van der Waals surface area contributed by atoms with Gasteiger partial charge in [0.2, 0.25) is 0 Å². The molecular weight excluding hydrogens is 279 g/mol. The molecule has 0 saturated carbocycles. The molecule has 0 radical (unpaired) electrons. The first-order valence-corrected chi connectivity index (χ1v) is 5.94. The van der Waals surface area contributed by atoms with E-state index >= 15 is 0 Å². The highest BCUT2D eigenvalue weighted by Gasteiger charge is 2.35. The fourth-order valence-corrected chi connectivity index (χ4v) is 2.06. The number of aryl methyl sites for hydroxylation is 1. The summed E-state index contributed by atoms with van der Waals surface area (Å²) in [5, 5.41) is 2.57. The van der Waals surface area contributed by atoms with Crippen molar-refractivity contribution in [1.82, 2.24) is 9.97 Å². The standard InChI is InChI=1S/C11H8F3N3OS/c1-6-4-16-10(19-6)17-9(18)7-5-15-3-2-8(7)11(12,13)14/h2-5H,1H3,(H,16,17,18). The summed E-state index contributed by atoms with van der Waals surface area (Å²) in [6.45, 7) is 1.78. The predicted octanol–water partition coefficient (Wildman–Crippen LogP) is 3.12. The summed E-state index contributed by atoms with van der Waals surface area (Å²) in [5.74, 6) is -0.880. The van der Waals surface area contributed by atoms with Gasteiger partial charge in [-0.15, -0.1) is 11.3 Å². The lowest BCUT2D eigenvalue weighted by Crippen LogP contribution is -2.18. The Labute approximate surface area is 110 Å². The zero-order valence-corrected chi connectivity index (χ0v) is 10.5. The van der Waals surface area contributed by atoms with Gasteiger partial charge in [-0.1, -0.05) is 0 Å². The number of hydrogen-bond acceptors (Lipinski definition) is 4. The molecule has 0 fully saturated rings. The normalized spacial score (nSPS) is 11.4. The summed E-state index contributed by atoms with van der Waals surface area (Å²) in [4.78, 5) is 20.1. The van der Waals surface area contributed by atoms with Crippen LogP contribution in [-0.4, -0.2) is 15.9 Å². The van der Waals surface area contributed by atoms with E-state index in [4.69, 9.17) is 0 Å². The second-order valence-electron chi connectivity index (χ2n) is 3.65. The summed E-state index contributed by atoms with van der Waals surface area (Å²) in [7, 11) is 0. The maximum Gasteiger partial charge on any atom is 0.417 e. The van der Waals surface area contributed by atoms with Gasteiger partial charge in [-0.25, -0.2) is 4.98 Å². The van der Waals surface area contributed by atoms with Crippen LogP contribution < -0.4 is 5.32 Å². The molecule has 8 heteroatoms. The largest absolute Gasteiger partial charge is 0.417 e. The van der Waals surface area contributed by atoms with E-state index in [1.54, 1.807) is 6.92 Å². The number of rotatable bonds is 2. The fourth-order valence-electron chi connectivity index (χ4n) is 1.40. The third kappa shape index (κ3) is 3.08. The number of halogens is 3. The maximum absolute atomic E-state index is 12.7. The SMILES string of the molecule is Cc1cnc(NC(=O)c2cnccc2C(F)(F)F)s1. The number of nitrogens with zero attached hydrogens (tertiary/aromatic N) is 2. The van der Waals surface area contributed by atoms with Gasteiger partial charge in [0, 0.05) is 23.5 Å². The molecule has 19 heavy (non-hydrogen) atoms. The van der Waals surface area contributed by atoms with Gasteiger partial charge in [-0.3, -0.25) is 15.1 Å². The highest BCUT2D eigenvalue weighted by molar-refractivity contribution is 7.15. The topological polar surface area (TPSA) is 54.9 Å². The van der Waals surface area contributed by atoms with Crippen molar-refractivity contribution in [3.63, 3.8) is 0 Å². The molecule has 1 amide bonds. The molecule has 4 nitrogen and oxygen atoms in total. The minimum Gasteiger partial charge on any atom is -0.298 e. The lowest BCUT2D eigenvalue weighted by molar-refractivity contribution is -0.137. The molecule has 2 heterocycles. The van der Waals surface area contributed by atoms with E-state index in [2.05, 4.69) is 15.3 Å². The number of alkyl halides is 3. The first-order chi connectivity index (χ1) is 8.88. The molecule has 0 aliphatic carbocycles. The van der Waals surface area contributed by atoms with Gasteiger partial charge in [0.1, 0.15) is 0 Å². The summed E-state index contributed by atoms with van der Waals surface area (Å²) in [6.07, 6.45) is -1.20. The zero-order chi connectivity index (χ0) is 14.0. The second kappa shape index (κ2) is 4.96. The van der Waals surface area contributed by atoms with Crippen molar-refractivity contribution in [3.05, 3.63) is 40.7 Å². The van der Waals surface area contributed by atoms with Crippen molar-refractivity contribution in [2.75, 3.05) is 5.32 Å². The van der Waals surface area contributed by atoms with Crippen LogP contribution in [0.2, 0.25) is 0 Å². The van der Waals surface area contributed by atoms with Gasteiger partial charge in [-0.05, 0) is 13.0 Å². The number of anilines is 1. The van der Waals surface area contributed by atoms with Gasteiger partial charge >= 0.3 is 6.18 Å². The van der Waals surface area contributed by atoms with Crippen molar-refractivity contribution in [1.29, 1.82) is 0 Å². The molecular formula is C11H8F3N3OS. The quantitative estimate of drug-likeness (QED) is 0.923. The average Bonchev–Trinajstić information content (AvgIpc) is 2.73. The number of pyridine rings is 1. The minimum absolute atomic E-state index is 0.250. The first kappa shape index (κ1) is 13.5. The monoisotopic (exact) mass is 287 g/mol. The molecule has 0 saturated heterocycles. The lowest BCUT2D eigenvalue weighted by atomic mass is 10.1. The average molecular weight is 287 g/mol. The lowest BCUT2D eigenvalue weighted by Gasteiger charge is -2.11. The Bertz CT molecular complexity index is 609. The highest BCUT2D eigenvalue weighted by atomic mass is 32.1. The molecule has 0 aromatic carbocycles. The first-order valence-electron chi connectivity index (χ1n) is 5.13. The van der Waals surface area contributed by atoms with Gasteiger partial charge in [0.05, 0.1) is 11.1 Å². The van der Waals surface area contributed by atoms with Crippen molar-refractivity contribution in [2.45, 2.75) is 13.1 Å². The second-order valence-corrected chi connectivity index (χ2v) is 4.88.